The van der Waals surface area contributed by atoms with Gasteiger partial charge in [-0.3, -0.25) is 9.62 Å². The Morgan fingerprint density at radius 2 is 1.69 bits per heavy atom. The zero-order chi connectivity index (χ0) is 25.7. The summed E-state index contributed by atoms with van der Waals surface area (Å²) in [6, 6.07) is 18.9. The van der Waals surface area contributed by atoms with E-state index < -0.39 is 16.3 Å². The predicted octanol–water partition coefficient (Wildman–Crippen LogP) is 5.09. The number of hydrogen-bond donors (Lipinski definition) is 2. The zero-order valence-corrected chi connectivity index (χ0v) is 21.6. The Labute approximate surface area is 213 Å². The Kier molecular flexibility index (Phi) is 8.28. The fourth-order valence-corrected chi connectivity index (χ4v) is 5.60. The van der Waals surface area contributed by atoms with Crippen molar-refractivity contribution in [2.45, 2.75) is 44.2 Å². The number of halogens is 1. The number of nitrogens with one attached hydrogen (secondary N) is 1. The van der Waals surface area contributed by atoms with Gasteiger partial charge in [0, 0.05) is 31.9 Å². The van der Waals surface area contributed by atoms with Crippen LogP contribution in [0.5, 0.6) is 0 Å². The highest BCUT2D eigenvalue weighted by Crippen LogP contribution is 2.28. The molecule has 0 aromatic heterocycles. The minimum absolute atomic E-state index is 0.0993. The third-order valence-electron chi connectivity index (χ3n) is 6.72. The van der Waals surface area contributed by atoms with E-state index in [0.29, 0.717) is 43.1 Å². The van der Waals surface area contributed by atoms with E-state index in [9.17, 15) is 17.9 Å². The van der Waals surface area contributed by atoms with Crippen LogP contribution >= 0.6 is 0 Å². The van der Waals surface area contributed by atoms with Crippen molar-refractivity contribution >= 4 is 21.4 Å². The lowest BCUT2D eigenvalue weighted by Gasteiger charge is -2.38. The molecule has 6 nitrogen and oxygen atoms in total. The number of sulfonamides is 1. The van der Waals surface area contributed by atoms with Gasteiger partial charge in [0.25, 0.3) is 10.0 Å². The second-order valence-electron chi connectivity index (χ2n) is 9.27. The molecule has 0 bridgehead atoms. The van der Waals surface area contributed by atoms with Gasteiger partial charge < -0.3 is 10.0 Å². The highest BCUT2D eigenvalue weighted by Gasteiger charge is 2.27. The second-order valence-corrected chi connectivity index (χ2v) is 11.0. The van der Waals surface area contributed by atoms with Gasteiger partial charge in [0.1, 0.15) is 12.0 Å². The van der Waals surface area contributed by atoms with E-state index in [-0.39, 0.29) is 10.7 Å². The first-order valence-corrected chi connectivity index (χ1v) is 13.9. The van der Waals surface area contributed by atoms with Gasteiger partial charge in [0.15, 0.2) is 0 Å². The number of benzene rings is 3. The maximum Gasteiger partial charge on any atom is 0.261 e. The summed E-state index contributed by atoms with van der Waals surface area (Å²) in [6.07, 6.45) is 2.22. The van der Waals surface area contributed by atoms with Crippen molar-refractivity contribution in [3.05, 3.63) is 89.2 Å². The molecule has 0 radical (unpaired) electrons. The summed E-state index contributed by atoms with van der Waals surface area (Å²) in [4.78, 5) is 3.95. The van der Waals surface area contributed by atoms with Crippen LogP contribution in [0.25, 0.3) is 0 Å². The van der Waals surface area contributed by atoms with Gasteiger partial charge in [-0.2, -0.15) is 0 Å². The normalized spacial score (nSPS) is 15.6. The molecule has 1 fully saturated rings. The smallest absolute Gasteiger partial charge is 0.261 e. The molecular formula is C28H34FN3O3S. The highest BCUT2D eigenvalue weighted by atomic mass is 32.2. The minimum atomic E-state index is -3.83. The van der Waals surface area contributed by atoms with Crippen LogP contribution in [0, 0.1) is 12.7 Å². The van der Waals surface area contributed by atoms with Gasteiger partial charge >= 0.3 is 0 Å². The summed E-state index contributed by atoms with van der Waals surface area (Å²) in [5.41, 5.74) is 3.59. The average molecular weight is 512 g/mol. The van der Waals surface area contributed by atoms with E-state index >= 15 is 0 Å². The van der Waals surface area contributed by atoms with Gasteiger partial charge in [0.05, 0.1) is 10.6 Å². The summed E-state index contributed by atoms with van der Waals surface area (Å²) in [5.74, 6) is -0.261. The van der Waals surface area contributed by atoms with E-state index in [1.807, 2.05) is 34.9 Å². The summed E-state index contributed by atoms with van der Waals surface area (Å²) in [5, 5.41) is 11.1. The standard InChI is InChI=1S/C28H34FN3O3S/c1-3-4-7-22-11-13-23(14-12-22)30-36(34,35)24-15-10-21(2)25(20-24)28(33)32-18-16-31(17-19-32)27-9-6-5-8-26(27)29/h5-6,8-15,20,28,30,33H,3-4,7,16-19H2,1-2H3. The third-order valence-corrected chi connectivity index (χ3v) is 8.10. The summed E-state index contributed by atoms with van der Waals surface area (Å²) < 4.78 is 43.0. The molecule has 8 heteroatoms. The van der Waals surface area contributed by atoms with Crippen LogP contribution in [0.15, 0.2) is 71.6 Å². The van der Waals surface area contributed by atoms with E-state index in [0.717, 1.165) is 24.8 Å². The molecule has 0 amide bonds. The van der Waals surface area contributed by atoms with Crippen molar-refractivity contribution < 1.29 is 17.9 Å². The number of anilines is 2. The Bertz CT molecular complexity index is 1270. The van der Waals surface area contributed by atoms with Crippen molar-refractivity contribution in [1.29, 1.82) is 0 Å². The molecule has 2 N–H and O–H groups in total. The number of para-hydroxylation sites is 1. The van der Waals surface area contributed by atoms with E-state index in [1.165, 1.54) is 11.6 Å². The molecule has 192 valence electrons. The zero-order valence-electron chi connectivity index (χ0n) is 20.8. The lowest BCUT2D eigenvalue weighted by atomic mass is 10.1. The second kappa shape index (κ2) is 11.4. The van der Waals surface area contributed by atoms with Crippen LogP contribution in [0.2, 0.25) is 0 Å². The Hall–Kier alpha value is -2.94. The largest absolute Gasteiger partial charge is 0.374 e. The summed E-state index contributed by atoms with van der Waals surface area (Å²) >= 11 is 0. The van der Waals surface area contributed by atoms with Crippen LogP contribution in [0.1, 0.15) is 42.7 Å². The van der Waals surface area contributed by atoms with E-state index in [4.69, 9.17) is 0 Å². The van der Waals surface area contributed by atoms with Gasteiger partial charge in [-0.1, -0.05) is 43.7 Å². The van der Waals surface area contributed by atoms with Crippen molar-refractivity contribution in [3.63, 3.8) is 0 Å². The third kappa shape index (κ3) is 6.06. The van der Waals surface area contributed by atoms with Gasteiger partial charge in [0.2, 0.25) is 0 Å². The molecule has 1 unspecified atom stereocenters. The number of nitrogens with zero attached hydrogens (tertiary/aromatic N) is 2. The first-order chi connectivity index (χ1) is 17.3. The number of piperazine rings is 1. The van der Waals surface area contributed by atoms with E-state index in [2.05, 4.69) is 11.6 Å². The molecule has 4 rings (SSSR count). The maximum atomic E-state index is 14.2. The molecule has 3 aromatic carbocycles. The fourth-order valence-electron chi connectivity index (χ4n) is 4.51. The van der Waals surface area contributed by atoms with Crippen LogP contribution in [0.4, 0.5) is 15.8 Å². The van der Waals surface area contributed by atoms with Crippen LogP contribution < -0.4 is 9.62 Å². The molecular weight excluding hydrogens is 477 g/mol. The van der Waals surface area contributed by atoms with Gasteiger partial charge in [-0.05, 0) is 72.9 Å². The quantitative estimate of drug-likeness (QED) is 0.419. The number of rotatable bonds is 9. The van der Waals surface area contributed by atoms with Crippen molar-refractivity contribution in [1.82, 2.24) is 4.90 Å². The molecule has 0 saturated carbocycles. The van der Waals surface area contributed by atoms with Crippen molar-refractivity contribution in [3.8, 4) is 0 Å². The number of unbranched alkanes of at least 4 members (excludes halogenated alkanes) is 1. The number of aliphatic hydroxyl groups excluding tert-OH is 1. The minimum Gasteiger partial charge on any atom is -0.374 e. The molecule has 1 atom stereocenters. The Morgan fingerprint density at radius 3 is 2.36 bits per heavy atom. The monoisotopic (exact) mass is 511 g/mol. The Morgan fingerprint density at radius 1 is 1.00 bits per heavy atom. The lowest BCUT2D eigenvalue weighted by molar-refractivity contribution is -0.00225. The first kappa shape index (κ1) is 26.1. The molecule has 0 aliphatic carbocycles. The predicted molar refractivity (Wildman–Crippen MR) is 142 cm³/mol. The van der Waals surface area contributed by atoms with Crippen LogP contribution in [-0.4, -0.2) is 44.6 Å². The molecule has 0 spiro atoms. The van der Waals surface area contributed by atoms with Crippen LogP contribution in [0.3, 0.4) is 0 Å². The molecule has 36 heavy (non-hydrogen) atoms. The molecule has 3 aromatic rings. The summed E-state index contributed by atoms with van der Waals surface area (Å²) in [7, 11) is -3.83. The molecule has 1 aliphatic heterocycles. The topological polar surface area (TPSA) is 72.9 Å². The number of aliphatic hydroxyl groups is 1. The molecule has 1 saturated heterocycles. The maximum absolute atomic E-state index is 14.2. The summed E-state index contributed by atoms with van der Waals surface area (Å²) in [6.45, 7) is 6.16. The average Bonchev–Trinajstić information content (AvgIpc) is 2.88. The van der Waals surface area contributed by atoms with Gasteiger partial charge in [-0.25, -0.2) is 12.8 Å². The Balaban J connectivity index is 1.45. The van der Waals surface area contributed by atoms with Crippen molar-refractivity contribution in [2.75, 3.05) is 35.8 Å². The highest BCUT2D eigenvalue weighted by molar-refractivity contribution is 7.92. The van der Waals surface area contributed by atoms with Crippen molar-refractivity contribution in [2.24, 2.45) is 0 Å². The van der Waals surface area contributed by atoms with E-state index in [1.54, 1.807) is 42.5 Å². The lowest BCUT2D eigenvalue weighted by Crippen LogP contribution is -2.48. The number of hydrogen-bond acceptors (Lipinski definition) is 5. The van der Waals surface area contributed by atoms with Gasteiger partial charge in [-0.15, -0.1) is 0 Å². The molecule has 1 heterocycles. The molecule has 1 aliphatic rings. The SMILES string of the molecule is CCCCc1ccc(NS(=O)(=O)c2ccc(C)c(C(O)N3CCN(c4ccccc4F)CC3)c2)cc1. The fraction of sp³-hybridized carbons (Fsp3) is 0.357. The number of aryl methyl sites for hydroxylation is 2. The first-order valence-electron chi connectivity index (χ1n) is 12.4. The van der Waals surface area contributed by atoms with Crippen LogP contribution in [-0.2, 0) is 16.4 Å².